The van der Waals surface area contributed by atoms with Gasteiger partial charge < -0.3 is 5.32 Å². The quantitative estimate of drug-likeness (QED) is 0.900. The molecule has 0 saturated carbocycles. The van der Waals surface area contributed by atoms with Crippen LogP contribution >= 0.6 is 13.5 Å². The third-order valence-corrected chi connectivity index (χ3v) is 3.59. The zero-order valence-corrected chi connectivity index (χ0v) is 13.3. The van der Waals surface area contributed by atoms with Gasteiger partial charge in [-0.3, -0.25) is 4.79 Å². The summed E-state index contributed by atoms with van der Waals surface area (Å²) in [5.74, 6) is -0.0847. The molecule has 6 heteroatoms. The summed E-state index contributed by atoms with van der Waals surface area (Å²) in [6.07, 6.45) is 1.62. The summed E-state index contributed by atoms with van der Waals surface area (Å²) in [7, 11) is -2.98. The van der Waals surface area contributed by atoms with Crippen LogP contribution in [0.2, 0.25) is 0 Å². The molecule has 0 aliphatic carbocycles. The molecule has 0 aromatic heterocycles. The molecule has 0 aliphatic heterocycles. The molecule has 1 atom stereocenters. The van der Waals surface area contributed by atoms with E-state index in [-0.39, 0.29) is 31.2 Å². The first-order chi connectivity index (χ1) is 8.28. The highest BCUT2D eigenvalue weighted by Gasteiger charge is 2.11. The number of amides is 1. The van der Waals surface area contributed by atoms with Gasteiger partial charge in [-0.05, 0) is 32.4 Å². The third kappa shape index (κ3) is 7.22. The van der Waals surface area contributed by atoms with Crippen LogP contribution < -0.4 is 5.32 Å². The van der Waals surface area contributed by atoms with Crippen molar-refractivity contribution >= 4 is 29.2 Å². The topological polar surface area (TPSA) is 63.2 Å². The van der Waals surface area contributed by atoms with Gasteiger partial charge in [0, 0.05) is 17.9 Å². The van der Waals surface area contributed by atoms with Crippen LogP contribution in [-0.2, 0) is 9.84 Å². The molecule has 1 rings (SSSR count). The van der Waals surface area contributed by atoms with Crippen LogP contribution in [0.5, 0.6) is 0 Å². The lowest BCUT2D eigenvalue weighted by molar-refractivity contribution is 0.0939. The Morgan fingerprint density at radius 2 is 1.79 bits per heavy atom. The van der Waals surface area contributed by atoms with E-state index in [1.54, 1.807) is 19.1 Å². The van der Waals surface area contributed by atoms with Gasteiger partial charge in [-0.25, -0.2) is 8.42 Å². The number of benzene rings is 1. The molecule has 0 heterocycles. The molecule has 4 nitrogen and oxygen atoms in total. The van der Waals surface area contributed by atoms with E-state index in [4.69, 9.17) is 0 Å². The van der Waals surface area contributed by atoms with Crippen LogP contribution in [-0.4, -0.2) is 32.4 Å². The minimum Gasteiger partial charge on any atom is -0.350 e. The van der Waals surface area contributed by atoms with Gasteiger partial charge >= 0.3 is 0 Å². The fraction of sp³-hybridized carbons (Fsp3) is 0.462. The van der Waals surface area contributed by atoms with Crippen LogP contribution in [0.25, 0.3) is 0 Å². The van der Waals surface area contributed by atoms with E-state index in [2.05, 4.69) is 5.32 Å². The van der Waals surface area contributed by atoms with Gasteiger partial charge in [0.05, 0.1) is 5.75 Å². The molecule has 0 fully saturated rings. The van der Waals surface area contributed by atoms with E-state index >= 15 is 0 Å². The Balaban J connectivity index is 0.00000324. The molecular formula is C13H21NO3S2. The first-order valence-corrected chi connectivity index (χ1v) is 7.89. The monoisotopic (exact) mass is 303 g/mol. The van der Waals surface area contributed by atoms with E-state index in [1.165, 1.54) is 6.26 Å². The zero-order valence-electron chi connectivity index (χ0n) is 11.4. The van der Waals surface area contributed by atoms with Crippen molar-refractivity contribution in [2.75, 3.05) is 12.0 Å². The number of aryl methyl sites for hydroxylation is 1. The Morgan fingerprint density at radius 3 is 2.26 bits per heavy atom. The number of hydrogen-bond acceptors (Lipinski definition) is 3. The third-order valence-electron chi connectivity index (χ3n) is 2.61. The largest absolute Gasteiger partial charge is 0.350 e. The smallest absolute Gasteiger partial charge is 0.251 e. The highest BCUT2D eigenvalue weighted by Crippen LogP contribution is 2.04. The molecule has 0 radical (unpaired) electrons. The fourth-order valence-corrected chi connectivity index (χ4v) is 2.26. The first kappa shape index (κ1) is 18.0. The van der Waals surface area contributed by atoms with Gasteiger partial charge in [0.1, 0.15) is 9.84 Å². The number of carbonyl (C=O) groups excluding carboxylic acids is 1. The zero-order chi connectivity index (χ0) is 13.8. The molecular weight excluding hydrogens is 282 g/mol. The van der Waals surface area contributed by atoms with Crippen LogP contribution in [0.15, 0.2) is 24.3 Å². The van der Waals surface area contributed by atoms with Gasteiger partial charge in [0.15, 0.2) is 0 Å². The summed E-state index contributed by atoms with van der Waals surface area (Å²) < 4.78 is 22.0. The molecule has 108 valence electrons. The van der Waals surface area contributed by atoms with Crippen molar-refractivity contribution < 1.29 is 13.2 Å². The van der Waals surface area contributed by atoms with Gasteiger partial charge in [-0.15, -0.1) is 0 Å². The lowest BCUT2D eigenvalue weighted by Gasteiger charge is -2.13. The highest BCUT2D eigenvalue weighted by atomic mass is 32.2. The van der Waals surface area contributed by atoms with Crippen LogP contribution in [0.1, 0.15) is 29.3 Å². The SMILES string of the molecule is Cc1ccc(C(=O)N[C@@H](C)CCS(C)(=O)=O)cc1.S. The van der Waals surface area contributed by atoms with Crippen molar-refractivity contribution in [1.29, 1.82) is 0 Å². The number of hydrogen-bond donors (Lipinski definition) is 1. The van der Waals surface area contributed by atoms with Gasteiger partial charge in [0.2, 0.25) is 0 Å². The van der Waals surface area contributed by atoms with Gasteiger partial charge in [0.25, 0.3) is 5.91 Å². The van der Waals surface area contributed by atoms with E-state index in [1.807, 2.05) is 19.1 Å². The van der Waals surface area contributed by atoms with Crippen molar-refractivity contribution in [3.63, 3.8) is 0 Å². The van der Waals surface area contributed by atoms with Crippen molar-refractivity contribution in [2.24, 2.45) is 0 Å². The number of nitrogens with one attached hydrogen (secondary N) is 1. The molecule has 1 N–H and O–H groups in total. The average molecular weight is 303 g/mol. The number of sulfone groups is 1. The Morgan fingerprint density at radius 1 is 1.26 bits per heavy atom. The van der Waals surface area contributed by atoms with Crippen molar-refractivity contribution in [3.8, 4) is 0 Å². The maximum atomic E-state index is 11.8. The second-order valence-corrected chi connectivity index (χ2v) is 6.92. The first-order valence-electron chi connectivity index (χ1n) is 5.83. The standard InChI is InChI=1S/C13H19NO3S.H2S/c1-10-4-6-12(7-5-10)13(15)14-11(2)8-9-18(3,16)17;/h4-7,11H,8-9H2,1-3H3,(H,14,15);1H2/t11-;/m0./s1. The average Bonchev–Trinajstić information content (AvgIpc) is 2.26. The molecule has 0 aliphatic rings. The molecule has 0 unspecified atom stereocenters. The lowest BCUT2D eigenvalue weighted by Crippen LogP contribution is -2.33. The maximum absolute atomic E-state index is 11.8. The van der Waals surface area contributed by atoms with Crippen molar-refractivity contribution in [2.45, 2.75) is 26.3 Å². The molecule has 0 bridgehead atoms. The fourth-order valence-electron chi connectivity index (χ4n) is 1.48. The van der Waals surface area contributed by atoms with Crippen molar-refractivity contribution in [1.82, 2.24) is 5.32 Å². The van der Waals surface area contributed by atoms with E-state index in [9.17, 15) is 13.2 Å². The van der Waals surface area contributed by atoms with E-state index in [0.717, 1.165) is 5.56 Å². The Kier molecular flexibility index (Phi) is 7.15. The van der Waals surface area contributed by atoms with Gasteiger partial charge in [-0.1, -0.05) is 17.7 Å². The van der Waals surface area contributed by atoms with Crippen LogP contribution in [0.4, 0.5) is 0 Å². The van der Waals surface area contributed by atoms with Gasteiger partial charge in [-0.2, -0.15) is 13.5 Å². The predicted octanol–water partition coefficient (Wildman–Crippen LogP) is 1.66. The summed E-state index contributed by atoms with van der Waals surface area (Å²) in [5, 5.41) is 2.78. The molecule has 0 spiro atoms. The summed E-state index contributed by atoms with van der Waals surface area (Å²) in [4.78, 5) is 11.8. The van der Waals surface area contributed by atoms with Crippen LogP contribution in [0, 0.1) is 6.92 Å². The summed E-state index contributed by atoms with van der Waals surface area (Å²) >= 11 is 0. The second-order valence-electron chi connectivity index (χ2n) is 4.66. The number of rotatable bonds is 5. The molecule has 1 aromatic rings. The van der Waals surface area contributed by atoms with Crippen LogP contribution in [0.3, 0.4) is 0 Å². The second kappa shape index (κ2) is 7.55. The van der Waals surface area contributed by atoms with E-state index in [0.29, 0.717) is 12.0 Å². The molecule has 1 amide bonds. The Hall–Kier alpha value is -1.01. The highest BCUT2D eigenvalue weighted by molar-refractivity contribution is 7.90. The summed E-state index contributed by atoms with van der Waals surface area (Å²) in [5.41, 5.74) is 1.68. The lowest BCUT2D eigenvalue weighted by atomic mass is 10.1. The minimum atomic E-state index is -2.98. The summed E-state index contributed by atoms with van der Waals surface area (Å²) in [6, 6.07) is 7.10. The molecule has 1 aromatic carbocycles. The normalized spacial score (nSPS) is 12.4. The predicted molar refractivity (Wildman–Crippen MR) is 82.8 cm³/mol. The van der Waals surface area contributed by atoms with E-state index < -0.39 is 9.84 Å². The van der Waals surface area contributed by atoms with Crippen molar-refractivity contribution in [3.05, 3.63) is 35.4 Å². The Bertz CT molecular complexity index is 509. The molecule has 0 saturated heterocycles. The summed E-state index contributed by atoms with van der Waals surface area (Å²) in [6.45, 7) is 3.76. The maximum Gasteiger partial charge on any atom is 0.251 e. The number of carbonyl (C=O) groups is 1. The Labute approximate surface area is 122 Å². The minimum absolute atomic E-state index is 0. The molecule has 19 heavy (non-hydrogen) atoms.